The van der Waals surface area contributed by atoms with E-state index in [0.29, 0.717) is 0 Å². The molecule has 0 aliphatic carbocycles. The molecule has 3 rings (SSSR count). The van der Waals surface area contributed by atoms with E-state index < -0.39 is 0 Å². The van der Waals surface area contributed by atoms with Crippen LogP contribution in [0.15, 0.2) is 0 Å². The third-order valence-electron chi connectivity index (χ3n) is 5.40. The summed E-state index contributed by atoms with van der Waals surface area (Å²) in [5.41, 5.74) is 0. The number of nitrogens with zero attached hydrogens (tertiary/aromatic N) is 2. The molecule has 0 spiro atoms. The SMILES string of the molecule is CCC1CNCC1N1CCC(N2CCCCC2)C1. The van der Waals surface area contributed by atoms with Gasteiger partial charge in [-0.3, -0.25) is 9.80 Å². The minimum Gasteiger partial charge on any atom is -0.315 e. The molecule has 1 N–H and O–H groups in total. The first-order valence-electron chi connectivity index (χ1n) is 8.07. The summed E-state index contributed by atoms with van der Waals surface area (Å²) in [6.07, 6.45) is 7.06. The van der Waals surface area contributed by atoms with Crippen LogP contribution in [-0.2, 0) is 0 Å². The summed E-state index contributed by atoms with van der Waals surface area (Å²) in [7, 11) is 0. The Labute approximate surface area is 112 Å². The molecular formula is C15H29N3. The lowest BCUT2D eigenvalue weighted by Gasteiger charge is -2.33. The van der Waals surface area contributed by atoms with E-state index in [1.54, 1.807) is 0 Å². The Balaban J connectivity index is 1.54. The van der Waals surface area contributed by atoms with Crippen molar-refractivity contribution in [3.05, 3.63) is 0 Å². The molecule has 0 radical (unpaired) electrons. The summed E-state index contributed by atoms with van der Waals surface area (Å²) in [6, 6.07) is 1.69. The molecule has 0 aromatic heterocycles. The first-order chi connectivity index (χ1) is 8.88. The van der Waals surface area contributed by atoms with E-state index in [-0.39, 0.29) is 0 Å². The van der Waals surface area contributed by atoms with Gasteiger partial charge < -0.3 is 5.32 Å². The number of nitrogens with one attached hydrogen (secondary N) is 1. The second-order valence-electron chi connectivity index (χ2n) is 6.43. The molecule has 3 aliphatic heterocycles. The molecule has 0 aromatic rings. The summed E-state index contributed by atoms with van der Waals surface area (Å²) >= 11 is 0. The van der Waals surface area contributed by atoms with Gasteiger partial charge in [-0.05, 0) is 44.8 Å². The highest BCUT2D eigenvalue weighted by molar-refractivity contribution is 4.94. The fraction of sp³-hybridized carbons (Fsp3) is 1.00. The predicted octanol–water partition coefficient (Wildman–Crippen LogP) is 1.54. The van der Waals surface area contributed by atoms with E-state index in [0.717, 1.165) is 18.0 Å². The maximum Gasteiger partial charge on any atom is 0.0261 e. The van der Waals surface area contributed by atoms with Crippen LogP contribution >= 0.6 is 0 Å². The zero-order valence-electron chi connectivity index (χ0n) is 11.9. The van der Waals surface area contributed by atoms with Gasteiger partial charge in [0.2, 0.25) is 0 Å². The van der Waals surface area contributed by atoms with E-state index in [2.05, 4.69) is 22.0 Å². The van der Waals surface area contributed by atoms with Gasteiger partial charge in [-0.15, -0.1) is 0 Å². The Morgan fingerprint density at radius 3 is 2.61 bits per heavy atom. The predicted molar refractivity (Wildman–Crippen MR) is 75.8 cm³/mol. The lowest BCUT2D eigenvalue weighted by molar-refractivity contribution is 0.145. The van der Waals surface area contributed by atoms with E-state index in [1.807, 2.05) is 0 Å². The van der Waals surface area contributed by atoms with Crippen LogP contribution in [0.1, 0.15) is 39.0 Å². The highest BCUT2D eigenvalue weighted by atomic mass is 15.3. The van der Waals surface area contributed by atoms with Gasteiger partial charge in [0.25, 0.3) is 0 Å². The smallest absolute Gasteiger partial charge is 0.0261 e. The molecule has 18 heavy (non-hydrogen) atoms. The molecule has 3 unspecified atom stereocenters. The van der Waals surface area contributed by atoms with Crippen LogP contribution in [0, 0.1) is 5.92 Å². The van der Waals surface area contributed by atoms with Gasteiger partial charge >= 0.3 is 0 Å². The quantitative estimate of drug-likeness (QED) is 0.821. The molecule has 0 amide bonds. The maximum absolute atomic E-state index is 3.59. The highest BCUT2D eigenvalue weighted by Gasteiger charge is 2.36. The highest BCUT2D eigenvalue weighted by Crippen LogP contribution is 2.26. The van der Waals surface area contributed by atoms with Gasteiger partial charge in [0.15, 0.2) is 0 Å². The zero-order chi connectivity index (χ0) is 12.4. The van der Waals surface area contributed by atoms with Crippen molar-refractivity contribution in [1.82, 2.24) is 15.1 Å². The Bertz CT molecular complexity index is 262. The van der Waals surface area contributed by atoms with Crippen molar-refractivity contribution in [3.8, 4) is 0 Å². The Morgan fingerprint density at radius 2 is 1.83 bits per heavy atom. The van der Waals surface area contributed by atoms with Crippen molar-refractivity contribution in [2.45, 2.75) is 51.1 Å². The van der Waals surface area contributed by atoms with Gasteiger partial charge in [-0.2, -0.15) is 0 Å². The molecule has 0 bridgehead atoms. The van der Waals surface area contributed by atoms with Crippen molar-refractivity contribution >= 4 is 0 Å². The summed E-state index contributed by atoms with van der Waals surface area (Å²) in [4.78, 5) is 5.56. The third-order valence-corrected chi connectivity index (χ3v) is 5.40. The first kappa shape index (κ1) is 12.9. The molecule has 3 fully saturated rings. The lowest BCUT2D eigenvalue weighted by atomic mass is 10.00. The topological polar surface area (TPSA) is 18.5 Å². The fourth-order valence-corrected chi connectivity index (χ4v) is 4.21. The Kier molecular flexibility index (Phi) is 4.22. The van der Waals surface area contributed by atoms with Gasteiger partial charge in [0, 0.05) is 31.7 Å². The normalized spacial score (nSPS) is 39.5. The number of piperidine rings is 1. The zero-order valence-corrected chi connectivity index (χ0v) is 11.9. The standard InChI is InChI=1S/C15H29N3/c1-2-13-10-16-11-15(13)18-9-6-14(12-18)17-7-4-3-5-8-17/h13-16H,2-12H2,1H3. The molecule has 3 saturated heterocycles. The largest absolute Gasteiger partial charge is 0.315 e. The molecule has 3 nitrogen and oxygen atoms in total. The maximum atomic E-state index is 3.59. The molecule has 104 valence electrons. The van der Waals surface area contributed by atoms with Crippen LogP contribution in [0.2, 0.25) is 0 Å². The molecule has 0 aromatic carbocycles. The van der Waals surface area contributed by atoms with Crippen LogP contribution in [0.25, 0.3) is 0 Å². The molecule has 3 heterocycles. The van der Waals surface area contributed by atoms with Crippen molar-refractivity contribution < 1.29 is 0 Å². The molecule has 3 aliphatic rings. The molecule has 0 saturated carbocycles. The van der Waals surface area contributed by atoms with Gasteiger partial charge in [0.05, 0.1) is 0 Å². The van der Waals surface area contributed by atoms with E-state index >= 15 is 0 Å². The lowest BCUT2D eigenvalue weighted by Crippen LogP contribution is -2.44. The van der Waals surface area contributed by atoms with Gasteiger partial charge in [-0.25, -0.2) is 0 Å². The van der Waals surface area contributed by atoms with Crippen molar-refractivity contribution in [1.29, 1.82) is 0 Å². The van der Waals surface area contributed by atoms with Crippen LogP contribution in [-0.4, -0.2) is 61.2 Å². The fourth-order valence-electron chi connectivity index (χ4n) is 4.21. The Hall–Kier alpha value is -0.120. The van der Waals surface area contributed by atoms with E-state index in [1.165, 1.54) is 71.4 Å². The van der Waals surface area contributed by atoms with Crippen molar-refractivity contribution in [3.63, 3.8) is 0 Å². The minimum absolute atomic E-state index is 0.824. The average molecular weight is 251 g/mol. The van der Waals surface area contributed by atoms with Crippen LogP contribution < -0.4 is 5.32 Å². The Morgan fingerprint density at radius 1 is 1.00 bits per heavy atom. The molecular weight excluding hydrogens is 222 g/mol. The third kappa shape index (κ3) is 2.59. The summed E-state index contributed by atoms with van der Waals surface area (Å²) in [6.45, 7) is 10.2. The second kappa shape index (κ2) is 5.89. The first-order valence-corrected chi connectivity index (χ1v) is 8.07. The monoisotopic (exact) mass is 251 g/mol. The second-order valence-corrected chi connectivity index (χ2v) is 6.43. The van der Waals surface area contributed by atoms with Crippen LogP contribution in [0.5, 0.6) is 0 Å². The van der Waals surface area contributed by atoms with Gasteiger partial charge in [-0.1, -0.05) is 19.8 Å². The van der Waals surface area contributed by atoms with Crippen molar-refractivity contribution in [2.75, 3.05) is 39.3 Å². The summed E-state index contributed by atoms with van der Waals surface area (Å²) in [5, 5.41) is 3.59. The number of likely N-dealkylation sites (tertiary alicyclic amines) is 2. The average Bonchev–Trinajstić information content (AvgIpc) is 3.08. The number of rotatable bonds is 3. The van der Waals surface area contributed by atoms with Crippen LogP contribution in [0.3, 0.4) is 0 Å². The minimum atomic E-state index is 0.824. The van der Waals surface area contributed by atoms with Crippen LogP contribution in [0.4, 0.5) is 0 Å². The number of hydrogen-bond acceptors (Lipinski definition) is 3. The number of hydrogen-bond donors (Lipinski definition) is 1. The van der Waals surface area contributed by atoms with Gasteiger partial charge in [0.1, 0.15) is 0 Å². The summed E-state index contributed by atoms with van der Waals surface area (Å²) in [5.74, 6) is 0.894. The van der Waals surface area contributed by atoms with Crippen molar-refractivity contribution in [2.24, 2.45) is 5.92 Å². The molecule has 3 atom stereocenters. The molecule has 3 heteroatoms. The summed E-state index contributed by atoms with van der Waals surface area (Å²) < 4.78 is 0. The van der Waals surface area contributed by atoms with E-state index in [9.17, 15) is 0 Å². The van der Waals surface area contributed by atoms with E-state index in [4.69, 9.17) is 0 Å².